The quantitative estimate of drug-likeness (QED) is 0.749. The Labute approximate surface area is 156 Å². The minimum Gasteiger partial charge on any atom is -0.476 e. The molecule has 0 bridgehead atoms. The molecule has 0 aliphatic carbocycles. The lowest BCUT2D eigenvalue weighted by Crippen LogP contribution is -2.37. The minimum absolute atomic E-state index is 0.0329. The molecule has 8 heteroatoms. The molecule has 0 atom stereocenters. The maximum absolute atomic E-state index is 13.1. The zero-order valence-corrected chi connectivity index (χ0v) is 15.2. The first-order chi connectivity index (χ1) is 13.0. The van der Waals surface area contributed by atoms with Gasteiger partial charge < -0.3 is 14.7 Å². The Kier molecular flexibility index (Phi) is 5.85. The lowest BCUT2D eigenvalue weighted by Gasteiger charge is -2.28. The van der Waals surface area contributed by atoms with Gasteiger partial charge in [-0.05, 0) is 24.6 Å². The van der Waals surface area contributed by atoms with Gasteiger partial charge >= 0.3 is 5.97 Å². The molecule has 27 heavy (non-hydrogen) atoms. The van der Waals surface area contributed by atoms with E-state index in [1.54, 1.807) is 21.7 Å². The van der Waals surface area contributed by atoms with E-state index < -0.39 is 5.97 Å². The lowest BCUT2D eigenvalue weighted by atomic mass is 10.0. The predicted molar refractivity (Wildman–Crippen MR) is 94.9 cm³/mol. The summed E-state index contributed by atoms with van der Waals surface area (Å²) in [5, 5.41) is 13.7. The average molecular weight is 375 g/mol. The van der Waals surface area contributed by atoms with Crippen LogP contribution in [0.1, 0.15) is 40.7 Å². The van der Waals surface area contributed by atoms with Gasteiger partial charge in [-0.1, -0.05) is 12.1 Å². The third-order valence-electron chi connectivity index (χ3n) is 4.60. The van der Waals surface area contributed by atoms with Crippen molar-refractivity contribution in [1.29, 1.82) is 0 Å². The van der Waals surface area contributed by atoms with Crippen molar-refractivity contribution in [3.63, 3.8) is 0 Å². The van der Waals surface area contributed by atoms with E-state index in [1.165, 1.54) is 12.1 Å². The van der Waals surface area contributed by atoms with Gasteiger partial charge in [0.2, 0.25) is 5.91 Å². The Balaban J connectivity index is 1.80. The monoisotopic (exact) mass is 375 g/mol. The van der Waals surface area contributed by atoms with Crippen LogP contribution in [-0.4, -0.2) is 51.4 Å². The zero-order chi connectivity index (χ0) is 19.4. The molecule has 0 radical (unpaired) electrons. The number of carbonyl (C=O) groups excluding carboxylic acids is 1. The van der Waals surface area contributed by atoms with Crippen molar-refractivity contribution in [3.05, 3.63) is 52.6 Å². The van der Waals surface area contributed by atoms with E-state index in [0.717, 1.165) is 11.3 Å². The maximum atomic E-state index is 13.1. The number of fused-ring (bicyclic) bond motifs is 1. The van der Waals surface area contributed by atoms with E-state index in [2.05, 4.69) is 5.10 Å². The summed E-state index contributed by atoms with van der Waals surface area (Å²) in [6.07, 6.45) is 0.798. The number of ether oxygens (including phenoxy) is 1. The fourth-order valence-electron chi connectivity index (χ4n) is 3.23. The summed E-state index contributed by atoms with van der Waals surface area (Å²) < 4.78 is 20.0. The first kappa shape index (κ1) is 19.0. The van der Waals surface area contributed by atoms with Gasteiger partial charge in [-0.3, -0.25) is 9.48 Å². The summed E-state index contributed by atoms with van der Waals surface area (Å²) in [5.74, 6) is -1.50. The lowest BCUT2D eigenvalue weighted by molar-refractivity contribution is -0.133. The van der Waals surface area contributed by atoms with E-state index in [1.807, 2.05) is 6.92 Å². The number of carboxylic acid groups (broad SMARTS) is 1. The highest BCUT2D eigenvalue weighted by atomic mass is 19.1. The second-order valence-electron chi connectivity index (χ2n) is 6.38. The Morgan fingerprint density at radius 1 is 1.30 bits per heavy atom. The number of amides is 1. The molecule has 3 rings (SSSR count). The van der Waals surface area contributed by atoms with Crippen LogP contribution in [0.25, 0.3) is 0 Å². The first-order valence-corrected chi connectivity index (χ1v) is 8.91. The Morgan fingerprint density at radius 2 is 2.04 bits per heavy atom. The van der Waals surface area contributed by atoms with E-state index in [-0.39, 0.29) is 30.4 Å². The number of carbonyl (C=O) groups is 2. The molecule has 2 aromatic rings. The zero-order valence-electron chi connectivity index (χ0n) is 15.2. The molecule has 7 nitrogen and oxygen atoms in total. The third kappa shape index (κ3) is 4.33. The Morgan fingerprint density at radius 3 is 2.70 bits per heavy atom. The van der Waals surface area contributed by atoms with Gasteiger partial charge in [0, 0.05) is 37.4 Å². The van der Waals surface area contributed by atoms with Crippen molar-refractivity contribution < 1.29 is 23.8 Å². The summed E-state index contributed by atoms with van der Waals surface area (Å²) >= 11 is 0. The molecule has 0 unspecified atom stereocenters. The topological polar surface area (TPSA) is 84.7 Å². The number of rotatable bonds is 7. The fourth-order valence-corrected chi connectivity index (χ4v) is 3.23. The van der Waals surface area contributed by atoms with E-state index in [4.69, 9.17) is 4.74 Å². The van der Waals surface area contributed by atoms with Gasteiger partial charge in [-0.2, -0.15) is 5.10 Å². The molecular weight excluding hydrogens is 353 g/mol. The van der Waals surface area contributed by atoms with Gasteiger partial charge in [0.25, 0.3) is 0 Å². The normalized spacial score (nSPS) is 13.5. The number of nitrogens with zero attached hydrogens (tertiary/aromatic N) is 3. The molecule has 0 saturated heterocycles. The predicted octanol–water partition coefficient (Wildman–Crippen LogP) is 2.08. The smallest absolute Gasteiger partial charge is 0.356 e. The third-order valence-corrected chi connectivity index (χ3v) is 4.60. The second kappa shape index (κ2) is 8.30. The van der Waals surface area contributed by atoms with Crippen molar-refractivity contribution in [2.45, 2.75) is 32.9 Å². The largest absolute Gasteiger partial charge is 0.476 e. The molecule has 2 heterocycles. The van der Waals surface area contributed by atoms with Crippen LogP contribution in [0.2, 0.25) is 0 Å². The molecule has 1 amide bonds. The number of hydrogen-bond acceptors (Lipinski definition) is 4. The van der Waals surface area contributed by atoms with E-state index in [9.17, 15) is 19.1 Å². The number of aromatic carboxylic acids is 1. The Bertz CT molecular complexity index is 832. The summed E-state index contributed by atoms with van der Waals surface area (Å²) in [4.78, 5) is 25.6. The van der Waals surface area contributed by atoms with Crippen LogP contribution in [0.4, 0.5) is 4.39 Å². The van der Waals surface area contributed by atoms with Crippen LogP contribution in [0.3, 0.4) is 0 Å². The van der Waals surface area contributed by atoms with Crippen LogP contribution < -0.4 is 0 Å². The number of halogens is 1. The van der Waals surface area contributed by atoms with E-state index >= 15 is 0 Å². The van der Waals surface area contributed by atoms with Crippen molar-refractivity contribution in [3.8, 4) is 0 Å². The highest BCUT2D eigenvalue weighted by molar-refractivity contribution is 5.88. The summed E-state index contributed by atoms with van der Waals surface area (Å²) in [7, 11) is 0. The molecule has 0 saturated carbocycles. The summed E-state index contributed by atoms with van der Waals surface area (Å²) in [5.41, 5.74) is 2.18. The second-order valence-corrected chi connectivity index (χ2v) is 6.38. The van der Waals surface area contributed by atoms with Crippen LogP contribution in [0.5, 0.6) is 0 Å². The Hall–Kier alpha value is -2.74. The molecule has 1 aromatic carbocycles. The first-order valence-electron chi connectivity index (χ1n) is 8.91. The van der Waals surface area contributed by atoms with E-state index in [0.29, 0.717) is 38.3 Å². The minimum atomic E-state index is -1.12. The molecule has 1 N–H and O–H groups in total. The number of aromatic nitrogens is 2. The molecular formula is C19H22FN3O4. The van der Waals surface area contributed by atoms with Crippen molar-refractivity contribution in [2.24, 2.45) is 0 Å². The van der Waals surface area contributed by atoms with Crippen molar-refractivity contribution in [1.82, 2.24) is 14.7 Å². The van der Waals surface area contributed by atoms with Crippen molar-refractivity contribution >= 4 is 11.9 Å². The van der Waals surface area contributed by atoms with Gasteiger partial charge in [-0.25, -0.2) is 9.18 Å². The average Bonchev–Trinajstić information content (AvgIpc) is 3.02. The molecule has 144 valence electrons. The van der Waals surface area contributed by atoms with Gasteiger partial charge in [0.1, 0.15) is 5.82 Å². The summed E-state index contributed by atoms with van der Waals surface area (Å²) in [6, 6.07) is 6.02. The standard InChI is InChI=1S/C19H22FN3O4/c1-2-27-10-8-17(24)22-9-7-16-15(12-22)18(19(25)26)21-23(16)11-13-3-5-14(20)6-4-13/h3-6H,2,7-12H2,1H3,(H,25,26). The number of hydrogen-bond donors (Lipinski definition) is 1. The number of carboxylic acids is 1. The SMILES string of the molecule is CCOCCC(=O)N1CCc2c(c(C(=O)O)nn2Cc2ccc(F)cc2)C1. The van der Waals surface area contributed by atoms with Crippen LogP contribution in [-0.2, 0) is 29.0 Å². The summed E-state index contributed by atoms with van der Waals surface area (Å²) in [6.45, 7) is 3.86. The molecule has 1 aromatic heterocycles. The molecule has 1 aliphatic rings. The maximum Gasteiger partial charge on any atom is 0.356 e. The van der Waals surface area contributed by atoms with Crippen molar-refractivity contribution in [2.75, 3.05) is 19.8 Å². The molecule has 0 fully saturated rings. The molecule has 1 aliphatic heterocycles. The van der Waals surface area contributed by atoms with Crippen LogP contribution >= 0.6 is 0 Å². The fraction of sp³-hybridized carbons (Fsp3) is 0.421. The number of benzene rings is 1. The van der Waals surface area contributed by atoms with Crippen LogP contribution in [0, 0.1) is 5.82 Å². The highest BCUT2D eigenvalue weighted by Crippen LogP contribution is 2.24. The van der Waals surface area contributed by atoms with Gasteiger partial charge in [0.15, 0.2) is 5.69 Å². The van der Waals surface area contributed by atoms with Gasteiger partial charge in [-0.15, -0.1) is 0 Å². The molecule has 0 spiro atoms. The highest BCUT2D eigenvalue weighted by Gasteiger charge is 2.29. The van der Waals surface area contributed by atoms with Gasteiger partial charge in [0.05, 0.1) is 19.6 Å². The van der Waals surface area contributed by atoms with Crippen LogP contribution in [0.15, 0.2) is 24.3 Å².